The number of hydrogen-bond acceptors (Lipinski definition) is 0. The van der Waals surface area contributed by atoms with Crippen LogP contribution in [0.1, 0.15) is 6.92 Å². The molecule has 0 N–H and O–H groups in total. The van der Waals surface area contributed by atoms with Gasteiger partial charge in [-0.25, -0.2) is 0 Å². The summed E-state index contributed by atoms with van der Waals surface area (Å²) in [6.45, 7) is 2.02. The molecule has 0 aromatic rings. The summed E-state index contributed by atoms with van der Waals surface area (Å²) in [5.41, 5.74) is 0. The van der Waals surface area contributed by atoms with Crippen LogP contribution in [0.5, 0.6) is 0 Å². The molecule has 1 atom stereocenters. The number of alkyl halides is 1. The fourth-order valence-electron chi connectivity index (χ4n) is 0. The molecule has 0 aliphatic carbocycles. The standard InChI is InChI=1S/C2H4Cl.Hg/c1-2-3;/h2H,1H3;. The van der Waals surface area contributed by atoms with E-state index in [1.165, 1.54) is 0 Å². The Bertz CT molecular complexity index is 10.8. The normalized spacial score (nSPS) is 16.0. The average Bonchev–Trinajstić information content (AvgIpc) is 0.811. The first-order valence-corrected chi connectivity index (χ1v) is 4.81. The molecule has 0 amide bonds. The zero-order valence-corrected chi connectivity index (χ0v) is 8.92. The Balaban J connectivity index is 2.32. The quantitative estimate of drug-likeness (QED) is 0.454. The number of halogens is 1. The summed E-state index contributed by atoms with van der Waals surface area (Å²) in [7, 11) is 0. The summed E-state index contributed by atoms with van der Waals surface area (Å²) in [5, 5.41) is 0. The van der Waals surface area contributed by atoms with Crippen LogP contribution in [0.4, 0.5) is 0 Å². The van der Waals surface area contributed by atoms with Crippen molar-refractivity contribution in [2.75, 3.05) is 0 Å². The van der Waals surface area contributed by atoms with E-state index >= 15 is 0 Å². The number of rotatable bonds is 0. The predicted molar refractivity (Wildman–Crippen MR) is 15.3 cm³/mol. The second-order valence-corrected chi connectivity index (χ2v) is 8.30. The van der Waals surface area contributed by atoms with Crippen molar-refractivity contribution in [3.63, 3.8) is 0 Å². The maximum atomic E-state index is 5.36. The topological polar surface area (TPSA) is 0 Å². The van der Waals surface area contributed by atoms with Gasteiger partial charge in [0.1, 0.15) is 0 Å². The Morgan fingerprint density at radius 1 is 2.00 bits per heavy atom. The van der Waals surface area contributed by atoms with Crippen molar-refractivity contribution >= 4 is 11.6 Å². The van der Waals surface area contributed by atoms with Crippen LogP contribution in [0.3, 0.4) is 0 Å². The molecule has 0 heterocycles. The van der Waals surface area contributed by atoms with Crippen LogP contribution in [0.15, 0.2) is 0 Å². The van der Waals surface area contributed by atoms with Crippen molar-refractivity contribution in [3.05, 3.63) is 0 Å². The van der Waals surface area contributed by atoms with E-state index in [-0.39, 0.29) is 0 Å². The molecule has 0 fully saturated rings. The molecule has 4 heavy (non-hydrogen) atoms. The van der Waals surface area contributed by atoms with Gasteiger partial charge in [-0.1, -0.05) is 0 Å². The van der Waals surface area contributed by atoms with Crippen LogP contribution in [0.25, 0.3) is 0 Å². The Hall–Kier alpha value is 1.23. The molecule has 0 spiro atoms. The van der Waals surface area contributed by atoms with Gasteiger partial charge in [0.25, 0.3) is 0 Å². The summed E-state index contributed by atoms with van der Waals surface area (Å²) >= 11 is 6.15. The van der Waals surface area contributed by atoms with Gasteiger partial charge in [-0.2, -0.15) is 0 Å². The molecule has 0 bridgehead atoms. The van der Waals surface area contributed by atoms with Gasteiger partial charge in [0.15, 0.2) is 0 Å². The fourth-order valence-corrected chi connectivity index (χ4v) is 0. The summed E-state index contributed by atoms with van der Waals surface area (Å²) < 4.78 is 0.500. The van der Waals surface area contributed by atoms with Crippen LogP contribution in [-0.2, 0) is 26.1 Å². The van der Waals surface area contributed by atoms with Crippen LogP contribution < -0.4 is 0 Å². The van der Waals surface area contributed by atoms with Gasteiger partial charge in [0, 0.05) is 0 Å². The van der Waals surface area contributed by atoms with Gasteiger partial charge in [-0.3, -0.25) is 0 Å². The first-order chi connectivity index (χ1) is 1.73. The second-order valence-electron chi connectivity index (χ2n) is 0.781. The van der Waals surface area contributed by atoms with Crippen molar-refractivity contribution in [1.29, 1.82) is 0 Å². The van der Waals surface area contributed by atoms with E-state index in [0.29, 0.717) is 2.89 Å². The van der Waals surface area contributed by atoms with E-state index in [1.807, 2.05) is 6.92 Å². The first-order valence-electron chi connectivity index (χ1n) is 1.20. The van der Waals surface area contributed by atoms with Crippen LogP contribution in [0, 0.1) is 0 Å². The minimum absolute atomic E-state index is 0.500. The summed E-state index contributed by atoms with van der Waals surface area (Å²) in [5.74, 6) is 0. The molecule has 0 aliphatic heterocycles. The van der Waals surface area contributed by atoms with Gasteiger partial charge in [-0.15, -0.1) is 0 Å². The average molecular weight is 264 g/mol. The Kier molecular flexibility index (Phi) is 3.22. The molecule has 2 heteroatoms. The van der Waals surface area contributed by atoms with Gasteiger partial charge in [0.2, 0.25) is 0 Å². The van der Waals surface area contributed by atoms with Crippen molar-refractivity contribution in [1.82, 2.24) is 0 Å². The van der Waals surface area contributed by atoms with E-state index in [0.717, 1.165) is 26.1 Å². The van der Waals surface area contributed by atoms with E-state index in [2.05, 4.69) is 0 Å². The molecule has 0 nitrogen and oxygen atoms in total. The van der Waals surface area contributed by atoms with Gasteiger partial charge >= 0.3 is 47.5 Å². The van der Waals surface area contributed by atoms with E-state index in [9.17, 15) is 0 Å². The molecular weight excluding hydrogens is 260 g/mol. The zero-order valence-electron chi connectivity index (χ0n) is 2.66. The summed E-state index contributed by atoms with van der Waals surface area (Å²) in [6, 6.07) is 0. The van der Waals surface area contributed by atoms with Crippen molar-refractivity contribution in [3.8, 4) is 0 Å². The summed E-state index contributed by atoms with van der Waals surface area (Å²) in [6.07, 6.45) is 0. The minimum atomic E-state index is 0.500. The van der Waals surface area contributed by atoms with E-state index < -0.39 is 0 Å². The third kappa shape index (κ3) is 10.6. The molecule has 0 radical (unpaired) electrons. The monoisotopic (exact) mass is 265 g/mol. The van der Waals surface area contributed by atoms with E-state index in [1.54, 1.807) is 0 Å². The van der Waals surface area contributed by atoms with Crippen molar-refractivity contribution < 1.29 is 26.1 Å². The predicted octanol–water partition coefficient (Wildman–Crippen LogP) is 1.12. The van der Waals surface area contributed by atoms with Crippen LogP contribution >= 0.6 is 11.6 Å². The Morgan fingerprint density at radius 2 is 2.00 bits per heavy atom. The molecule has 0 aromatic carbocycles. The third-order valence-corrected chi connectivity index (χ3v) is 0. The SMILES string of the molecule is C[CH](Cl)[Hg]. The van der Waals surface area contributed by atoms with Crippen LogP contribution in [-0.4, -0.2) is 2.89 Å². The fraction of sp³-hybridized carbons (Fsp3) is 1.00. The van der Waals surface area contributed by atoms with Crippen molar-refractivity contribution in [2.24, 2.45) is 0 Å². The number of hydrogen-bond donors (Lipinski definition) is 0. The van der Waals surface area contributed by atoms with Gasteiger partial charge in [-0.05, 0) is 0 Å². The molecule has 0 aliphatic rings. The molecule has 0 aromatic heterocycles. The Labute approximate surface area is 47.5 Å². The molecule has 0 saturated heterocycles. The van der Waals surface area contributed by atoms with Crippen molar-refractivity contribution in [2.45, 2.75) is 9.81 Å². The molecular formula is C2H4ClHg. The Morgan fingerprint density at radius 3 is 2.00 bits per heavy atom. The van der Waals surface area contributed by atoms with Gasteiger partial charge in [0.05, 0.1) is 0 Å². The molecule has 0 rings (SSSR count). The zero-order chi connectivity index (χ0) is 3.58. The molecule has 21 valence electrons. The molecule has 0 saturated carbocycles. The first kappa shape index (κ1) is 5.23. The van der Waals surface area contributed by atoms with Gasteiger partial charge < -0.3 is 0 Å². The summed E-state index contributed by atoms with van der Waals surface area (Å²) in [4.78, 5) is 0. The second kappa shape index (κ2) is 2.46. The maximum absolute atomic E-state index is 5.36. The third-order valence-electron chi connectivity index (χ3n) is 0. The van der Waals surface area contributed by atoms with E-state index in [4.69, 9.17) is 11.6 Å². The molecule has 1 unspecified atom stereocenters. The van der Waals surface area contributed by atoms with Crippen LogP contribution in [0.2, 0.25) is 0 Å².